The number of likely N-dealkylation sites (tertiary alicyclic amines) is 1. The number of nitrogens with one attached hydrogen (secondary N) is 1. The van der Waals surface area contributed by atoms with Gasteiger partial charge in [-0.3, -0.25) is 19.4 Å². The van der Waals surface area contributed by atoms with Crippen LogP contribution in [0, 0.1) is 12.8 Å². The summed E-state index contributed by atoms with van der Waals surface area (Å²) in [6, 6.07) is 14.1. The van der Waals surface area contributed by atoms with Gasteiger partial charge in [-0.1, -0.05) is 30.3 Å². The first kappa shape index (κ1) is 24.5. The number of Topliss-reactive ketones (excluding diaryl/α,β-unsaturated/α-hetero) is 1. The molecule has 0 unspecified atom stereocenters. The SMILES string of the molecule is CCN1C(=O)[C@@H](CC(=O)c2cnc3c(c2)C[C@@]2(C3)C(=O)Nc3ncccc32)C[C@@H](c2ccccc2C)[C@H]1C. The van der Waals surface area contributed by atoms with Gasteiger partial charge < -0.3 is 10.2 Å². The van der Waals surface area contributed by atoms with Gasteiger partial charge in [-0.2, -0.15) is 0 Å². The number of fused-ring (bicyclic) bond motifs is 3. The quantitative estimate of drug-likeness (QED) is 0.516. The van der Waals surface area contributed by atoms with Crippen LogP contribution in [-0.4, -0.2) is 45.1 Å². The average Bonchev–Trinajstić information content (AvgIpc) is 3.43. The summed E-state index contributed by atoms with van der Waals surface area (Å²) in [7, 11) is 0. The fourth-order valence-electron chi connectivity index (χ4n) is 6.87. The lowest BCUT2D eigenvalue weighted by molar-refractivity contribution is -0.142. The second-order valence-electron chi connectivity index (χ2n) is 11.0. The number of benzene rings is 1. The van der Waals surface area contributed by atoms with Crippen LogP contribution in [0.1, 0.15) is 70.9 Å². The summed E-state index contributed by atoms with van der Waals surface area (Å²) in [5.41, 5.74) is 4.89. The predicted octanol–water partition coefficient (Wildman–Crippen LogP) is 4.39. The molecule has 4 heterocycles. The Kier molecular flexibility index (Phi) is 5.89. The predicted molar refractivity (Wildman–Crippen MR) is 144 cm³/mol. The van der Waals surface area contributed by atoms with Gasteiger partial charge >= 0.3 is 0 Å². The number of amides is 2. The zero-order valence-corrected chi connectivity index (χ0v) is 22.0. The molecule has 1 spiro atoms. The summed E-state index contributed by atoms with van der Waals surface area (Å²) < 4.78 is 0. The van der Waals surface area contributed by atoms with Crippen molar-refractivity contribution in [1.82, 2.24) is 14.9 Å². The molecule has 1 fully saturated rings. The summed E-state index contributed by atoms with van der Waals surface area (Å²) in [5.74, 6) is 0.321. The van der Waals surface area contributed by atoms with Crippen LogP contribution in [0.15, 0.2) is 54.9 Å². The molecule has 6 rings (SSSR count). The van der Waals surface area contributed by atoms with Gasteiger partial charge in [-0.25, -0.2) is 4.98 Å². The number of nitrogens with zero attached hydrogens (tertiary/aromatic N) is 3. The minimum atomic E-state index is -0.724. The van der Waals surface area contributed by atoms with Crippen molar-refractivity contribution in [2.24, 2.45) is 5.92 Å². The number of pyridine rings is 2. The van der Waals surface area contributed by atoms with Crippen LogP contribution < -0.4 is 5.32 Å². The van der Waals surface area contributed by atoms with Crippen molar-refractivity contribution in [3.05, 3.63) is 88.4 Å². The largest absolute Gasteiger partial charge is 0.339 e. The zero-order valence-electron chi connectivity index (χ0n) is 22.0. The molecule has 1 aliphatic carbocycles. The Hall–Kier alpha value is -3.87. The molecule has 0 radical (unpaired) electrons. The zero-order chi connectivity index (χ0) is 26.6. The average molecular weight is 509 g/mol. The van der Waals surface area contributed by atoms with E-state index in [0.29, 0.717) is 37.2 Å². The van der Waals surface area contributed by atoms with E-state index in [0.717, 1.165) is 16.8 Å². The maximum absolute atomic E-state index is 13.5. The molecule has 2 aromatic heterocycles. The number of hydrogen-bond acceptors (Lipinski definition) is 5. The van der Waals surface area contributed by atoms with E-state index >= 15 is 0 Å². The molecule has 0 saturated carbocycles. The van der Waals surface area contributed by atoms with E-state index in [4.69, 9.17) is 0 Å². The van der Waals surface area contributed by atoms with E-state index in [9.17, 15) is 14.4 Å². The molecule has 2 aliphatic heterocycles. The summed E-state index contributed by atoms with van der Waals surface area (Å²) in [6.07, 6.45) is 5.07. The van der Waals surface area contributed by atoms with Gasteiger partial charge in [0.1, 0.15) is 5.82 Å². The number of anilines is 1. The number of rotatable bonds is 5. The van der Waals surface area contributed by atoms with Crippen molar-refractivity contribution in [3.63, 3.8) is 0 Å². The number of aryl methyl sites for hydroxylation is 1. The molecule has 38 heavy (non-hydrogen) atoms. The Morgan fingerprint density at radius 1 is 1.13 bits per heavy atom. The van der Waals surface area contributed by atoms with Crippen LogP contribution in [-0.2, 0) is 27.8 Å². The Morgan fingerprint density at radius 3 is 2.74 bits per heavy atom. The highest BCUT2D eigenvalue weighted by molar-refractivity contribution is 6.06. The number of carbonyl (C=O) groups is 3. The lowest BCUT2D eigenvalue weighted by atomic mass is 9.76. The fraction of sp³-hybridized carbons (Fsp3) is 0.387. The Balaban J connectivity index is 1.24. The third kappa shape index (κ3) is 3.75. The van der Waals surface area contributed by atoms with Gasteiger partial charge in [0.05, 0.1) is 5.41 Å². The molecule has 2 amide bonds. The van der Waals surface area contributed by atoms with E-state index in [1.54, 1.807) is 12.4 Å². The van der Waals surface area contributed by atoms with Crippen LogP contribution in [0.25, 0.3) is 0 Å². The number of hydrogen-bond donors (Lipinski definition) is 1. The van der Waals surface area contributed by atoms with Crippen LogP contribution >= 0.6 is 0 Å². The molecule has 1 N–H and O–H groups in total. The Bertz CT molecular complexity index is 1470. The first-order chi connectivity index (χ1) is 18.3. The summed E-state index contributed by atoms with van der Waals surface area (Å²) >= 11 is 0. The number of carbonyl (C=O) groups excluding carboxylic acids is 3. The maximum atomic E-state index is 13.5. The van der Waals surface area contributed by atoms with E-state index in [2.05, 4.69) is 41.3 Å². The number of ketones is 1. The first-order valence-electron chi connectivity index (χ1n) is 13.5. The van der Waals surface area contributed by atoms with Crippen LogP contribution in [0.5, 0.6) is 0 Å². The fourth-order valence-corrected chi connectivity index (χ4v) is 6.87. The van der Waals surface area contributed by atoms with Crippen molar-refractivity contribution in [2.75, 3.05) is 11.9 Å². The third-order valence-corrected chi connectivity index (χ3v) is 8.94. The van der Waals surface area contributed by atoms with E-state index in [1.165, 1.54) is 11.1 Å². The van der Waals surface area contributed by atoms with E-state index in [-0.39, 0.29) is 41.9 Å². The van der Waals surface area contributed by atoms with Gasteiger partial charge in [0.2, 0.25) is 11.8 Å². The minimum Gasteiger partial charge on any atom is -0.339 e. The van der Waals surface area contributed by atoms with Crippen molar-refractivity contribution >= 4 is 23.4 Å². The highest BCUT2D eigenvalue weighted by Crippen LogP contribution is 2.46. The second-order valence-corrected chi connectivity index (χ2v) is 11.0. The molecular weight excluding hydrogens is 476 g/mol. The lowest BCUT2D eigenvalue weighted by Gasteiger charge is -2.43. The molecule has 194 valence electrons. The van der Waals surface area contributed by atoms with Crippen molar-refractivity contribution < 1.29 is 14.4 Å². The molecule has 1 saturated heterocycles. The smallest absolute Gasteiger partial charge is 0.237 e. The van der Waals surface area contributed by atoms with Crippen molar-refractivity contribution in [2.45, 2.75) is 63.8 Å². The monoisotopic (exact) mass is 508 g/mol. The van der Waals surface area contributed by atoms with Gasteiger partial charge in [0, 0.05) is 66.5 Å². The van der Waals surface area contributed by atoms with Crippen LogP contribution in [0.4, 0.5) is 5.82 Å². The standard InChI is InChI=1S/C31H32N4O3/c1-4-35-19(3)24(23-9-6-5-8-18(23)2)13-20(29(35)37)14-27(36)22-12-21-15-31(16-26(21)33-17-22)25-10-7-11-32-28(25)34-30(31)38/h5-12,17,19-20,24H,4,13-16H2,1-3H3,(H,32,34,38)/t19-,20-,24-,31+/m1/s1. The maximum Gasteiger partial charge on any atom is 0.237 e. The molecule has 3 aromatic rings. The number of likely N-dealkylation sites (N-methyl/N-ethyl adjacent to an activating group) is 1. The summed E-state index contributed by atoms with van der Waals surface area (Å²) in [5, 5.41) is 2.91. The van der Waals surface area contributed by atoms with Crippen molar-refractivity contribution in [3.8, 4) is 0 Å². The van der Waals surface area contributed by atoms with E-state index in [1.807, 2.05) is 42.2 Å². The van der Waals surface area contributed by atoms with E-state index < -0.39 is 5.41 Å². The molecule has 7 nitrogen and oxygen atoms in total. The second kappa shape index (κ2) is 9.15. The summed E-state index contributed by atoms with van der Waals surface area (Å²) in [4.78, 5) is 50.8. The lowest BCUT2D eigenvalue weighted by Crippen LogP contribution is -2.50. The van der Waals surface area contributed by atoms with Gasteiger partial charge in [0.15, 0.2) is 5.78 Å². The Labute approximate surface area is 222 Å². The van der Waals surface area contributed by atoms with Gasteiger partial charge in [-0.15, -0.1) is 0 Å². The highest BCUT2D eigenvalue weighted by atomic mass is 16.2. The molecule has 7 heteroatoms. The molecule has 3 aliphatic rings. The van der Waals surface area contributed by atoms with Crippen LogP contribution in [0.2, 0.25) is 0 Å². The molecular formula is C31H32N4O3. The van der Waals surface area contributed by atoms with Gasteiger partial charge in [0.25, 0.3) is 0 Å². The highest BCUT2D eigenvalue weighted by Gasteiger charge is 2.51. The van der Waals surface area contributed by atoms with Crippen LogP contribution in [0.3, 0.4) is 0 Å². The number of aromatic nitrogens is 2. The Morgan fingerprint density at radius 2 is 1.95 bits per heavy atom. The third-order valence-electron chi connectivity index (χ3n) is 8.94. The number of piperidine rings is 1. The summed E-state index contributed by atoms with van der Waals surface area (Å²) in [6.45, 7) is 6.84. The molecule has 4 atom stereocenters. The van der Waals surface area contributed by atoms with Crippen molar-refractivity contribution in [1.29, 1.82) is 0 Å². The van der Waals surface area contributed by atoms with Gasteiger partial charge in [-0.05, 0) is 62.4 Å². The molecule has 1 aromatic carbocycles. The first-order valence-corrected chi connectivity index (χ1v) is 13.5. The molecule has 0 bridgehead atoms. The normalized spacial score (nSPS) is 25.9. The minimum absolute atomic E-state index is 0.0537. The topological polar surface area (TPSA) is 92.3 Å².